The van der Waals surface area contributed by atoms with Crippen LogP contribution in [0.5, 0.6) is 0 Å². The molecule has 0 radical (unpaired) electrons. The van der Waals surface area contributed by atoms with Gasteiger partial charge in [0.05, 0.1) is 42.9 Å². The molecule has 3 saturated carbocycles. The molecule has 0 spiro atoms. The van der Waals surface area contributed by atoms with Gasteiger partial charge in [0.1, 0.15) is 18.3 Å². The molecule has 6 rings (SSSR count). The fraction of sp³-hybridized carbons (Fsp3) is 0.951. The number of rotatable bonds is 9. The Hall–Kier alpha value is -1.46. The largest absolute Gasteiger partial charge is 0.465 e. The van der Waals surface area contributed by atoms with Gasteiger partial charge in [-0.3, -0.25) is 15.0 Å². The molecule has 0 amide bonds. The van der Waals surface area contributed by atoms with Crippen molar-refractivity contribution in [2.45, 2.75) is 126 Å². The van der Waals surface area contributed by atoms with Gasteiger partial charge in [0.15, 0.2) is 0 Å². The maximum absolute atomic E-state index is 14.1. The van der Waals surface area contributed by atoms with E-state index in [-0.39, 0.29) is 66.5 Å². The lowest BCUT2D eigenvalue weighted by Crippen LogP contribution is -2.51. The zero-order chi connectivity index (χ0) is 38.7. The van der Waals surface area contributed by atoms with Gasteiger partial charge in [-0.2, -0.15) is 0 Å². The number of nitrogens with one attached hydrogen (secondary N) is 1. The number of cyclic esters (lactones) is 1. The second-order valence-corrected chi connectivity index (χ2v) is 17.0. The Morgan fingerprint density at radius 2 is 1.40 bits per heavy atom. The molecule has 14 nitrogen and oxygen atoms in total. The lowest BCUT2D eigenvalue weighted by Gasteiger charge is -2.42. The van der Waals surface area contributed by atoms with Gasteiger partial charge >= 0.3 is 11.9 Å². The van der Waals surface area contributed by atoms with E-state index < -0.39 is 0 Å². The Labute approximate surface area is 329 Å². The third-order valence-electron chi connectivity index (χ3n) is 13.7. The van der Waals surface area contributed by atoms with Gasteiger partial charge in [-0.05, 0) is 102 Å². The van der Waals surface area contributed by atoms with Crippen molar-refractivity contribution in [1.82, 2.24) is 20.2 Å². The highest BCUT2D eigenvalue weighted by Gasteiger charge is 2.46. The van der Waals surface area contributed by atoms with Crippen LogP contribution in [0.2, 0.25) is 0 Å². The van der Waals surface area contributed by atoms with Crippen molar-refractivity contribution in [3.05, 3.63) is 0 Å². The third kappa shape index (κ3) is 11.4. The Balaban J connectivity index is 1.08. The van der Waals surface area contributed by atoms with Gasteiger partial charge in [0.2, 0.25) is 0 Å². The Morgan fingerprint density at radius 1 is 0.709 bits per heavy atom. The summed E-state index contributed by atoms with van der Waals surface area (Å²) >= 11 is 0. The highest BCUT2D eigenvalue weighted by molar-refractivity contribution is 5.73. The molecule has 4 bridgehead atoms. The van der Waals surface area contributed by atoms with Crippen LogP contribution in [0.25, 0.3) is 0 Å². The molecule has 3 aliphatic carbocycles. The molecule has 0 aromatic rings. The Bertz CT molecular complexity index is 1170. The van der Waals surface area contributed by atoms with Gasteiger partial charge in [-0.1, -0.05) is 0 Å². The van der Waals surface area contributed by atoms with Crippen LogP contribution in [-0.2, 0) is 47.5 Å². The lowest BCUT2D eigenvalue weighted by atomic mass is 9.78. The molecule has 3 saturated heterocycles. The smallest absolute Gasteiger partial charge is 0.309 e. The molecule has 6 aliphatic rings. The van der Waals surface area contributed by atoms with Crippen molar-refractivity contribution >= 4 is 11.9 Å². The molecule has 0 aromatic carbocycles. The zero-order valence-corrected chi connectivity index (χ0v) is 34.4. The van der Waals surface area contributed by atoms with E-state index in [0.29, 0.717) is 43.9 Å². The summed E-state index contributed by atoms with van der Waals surface area (Å²) in [6, 6.07) is 0.303. The normalized spacial score (nSPS) is 41.6. The van der Waals surface area contributed by atoms with Crippen molar-refractivity contribution in [1.29, 1.82) is 0 Å². The van der Waals surface area contributed by atoms with Crippen LogP contribution in [0.15, 0.2) is 0 Å². The van der Waals surface area contributed by atoms with Crippen molar-refractivity contribution < 1.29 is 47.5 Å². The van der Waals surface area contributed by atoms with Crippen LogP contribution in [0.1, 0.15) is 77.0 Å². The first kappa shape index (κ1) is 43.1. The fourth-order valence-electron chi connectivity index (χ4n) is 10.5. The number of hydrogen-bond acceptors (Lipinski definition) is 14. The van der Waals surface area contributed by atoms with Crippen LogP contribution in [-0.4, -0.2) is 177 Å². The van der Waals surface area contributed by atoms with Crippen LogP contribution >= 0.6 is 0 Å². The van der Waals surface area contributed by atoms with E-state index >= 15 is 0 Å². The average Bonchev–Trinajstić information content (AvgIpc) is 3.46. The van der Waals surface area contributed by atoms with Crippen molar-refractivity contribution in [3.8, 4) is 0 Å². The Kier molecular flexibility index (Phi) is 16.9. The summed E-state index contributed by atoms with van der Waals surface area (Å²) in [5.41, 5.74) is 3.70. The maximum Gasteiger partial charge on any atom is 0.309 e. The number of carbonyl (C=O) groups is 2. The first-order valence-electron chi connectivity index (χ1n) is 21.4. The summed E-state index contributed by atoms with van der Waals surface area (Å²) in [6.07, 6.45) is 8.79. The van der Waals surface area contributed by atoms with Crippen LogP contribution in [0.4, 0.5) is 0 Å². The molecule has 1 N–H and O–H groups in total. The second-order valence-electron chi connectivity index (χ2n) is 17.0. The number of carbonyl (C=O) groups excluding carboxylic acids is 2. The molecule has 3 heterocycles. The second kappa shape index (κ2) is 21.5. The number of ether oxygens (including phenoxy) is 8. The minimum Gasteiger partial charge on any atom is -0.465 e. The highest BCUT2D eigenvalue weighted by atomic mass is 16.6. The minimum atomic E-state index is -0.291. The maximum atomic E-state index is 14.1. The summed E-state index contributed by atoms with van der Waals surface area (Å²) in [4.78, 5) is 32.2. The molecule has 0 aromatic heterocycles. The SMILES string of the molecule is COC1CC(CN2NCC3CCC(C(=O)OC4CCCOC5CC(CC(OC)C5OC)C(=O)OCCCN5CCCN(CC4)CC5)CC32)CC(OC)C1OC. The van der Waals surface area contributed by atoms with Crippen molar-refractivity contribution in [2.24, 2.45) is 23.7 Å². The first-order valence-corrected chi connectivity index (χ1v) is 21.4. The predicted molar refractivity (Wildman–Crippen MR) is 205 cm³/mol. The molecular weight excluding hydrogens is 708 g/mol. The van der Waals surface area contributed by atoms with Gasteiger partial charge in [0.25, 0.3) is 0 Å². The van der Waals surface area contributed by atoms with Crippen molar-refractivity contribution in [2.75, 3.05) is 101 Å². The molecule has 55 heavy (non-hydrogen) atoms. The Morgan fingerprint density at radius 3 is 2.11 bits per heavy atom. The van der Waals surface area contributed by atoms with Gasteiger partial charge in [0, 0.05) is 87.5 Å². The molecule has 14 heteroatoms. The topological polar surface area (TPSA) is 130 Å². The number of fused-ring (bicyclic) bond motifs is 6. The average molecular weight is 781 g/mol. The fourth-order valence-corrected chi connectivity index (χ4v) is 10.5. The quantitative estimate of drug-likeness (QED) is 0.345. The lowest BCUT2D eigenvalue weighted by molar-refractivity contribution is -0.172. The van der Waals surface area contributed by atoms with Gasteiger partial charge in [-0.15, -0.1) is 0 Å². The first-order chi connectivity index (χ1) is 26.8. The molecule has 12 atom stereocenters. The van der Waals surface area contributed by atoms with E-state index in [1.165, 1.54) is 0 Å². The van der Waals surface area contributed by atoms with E-state index in [2.05, 4.69) is 20.2 Å². The summed E-state index contributed by atoms with van der Waals surface area (Å²) < 4.78 is 47.8. The molecule has 6 fully saturated rings. The van der Waals surface area contributed by atoms with Gasteiger partial charge < -0.3 is 47.7 Å². The molecule has 12 unspecified atom stereocenters. The zero-order valence-electron chi connectivity index (χ0n) is 34.4. The third-order valence-corrected chi connectivity index (χ3v) is 13.7. The monoisotopic (exact) mass is 781 g/mol. The van der Waals surface area contributed by atoms with E-state index in [4.69, 9.17) is 37.9 Å². The predicted octanol–water partition coefficient (Wildman–Crippen LogP) is 2.91. The number of hydrogen-bond donors (Lipinski definition) is 1. The minimum absolute atomic E-state index is 0.00536. The highest BCUT2D eigenvalue weighted by Crippen LogP contribution is 2.38. The molecule has 316 valence electrons. The summed E-state index contributed by atoms with van der Waals surface area (Å²) in [5.74, 6) is 0.311. The van der Waals surface area contributed by atoms with Crippen LogP contribution < -0.4 is 5.43 Å². The molecular formula is C41H72N4O10. The summed E-state index contributed by atoms with van der Waals surface area (Å²) in [5, 5.41) is 2.41. The van der Waals surface area contributed by atoms with Crippen LogP contribution in [0.3, 0.4) is 0 Å². The van der Waals surface area contributed by atoms with Crippen LogP contribution in [0, 0.1) is 23.7 Å². The number of methoxy groups -OCH3 is 5. The van der Waals surface area contributed by atoms with E-state index in [1.54, 1.807) is 35.5 Å². The van der Waals surface area contributed by atoms with E-state index in [1.807, 2.05) is 0 Å². The van der Waals surface area contributed by atoms with Crippen molar-refractivity contribution in [3.63, 3.8) is 0 Å². The standard InChI is InChI=1S/C41H72N4O10/c1-48-34-21-28(22-35(49-2)38(34)51-4)27-45-33-23-29(10-11-30(33)26-42-45)41(47)55-32-9-6-19-53-37-25-31(24-36(50-3)39(37)52-5)40(46)54-20-8-15-43-13-7-14-44(16-12-32)18-17-43/h28-39,42H,6-27H2,1-5H3. The van der Waals surface area contributed by atoms with Gasteiger partial charge in [-0.25, -0.2) is 5.01 Å². The molecule has 3 aliphatic heterocycles. The van der Waals surface area contributed by atoms with E-state index in [0.717, 1.165) is 117 Å². The number of hydrazine groups is 1. The summed E-state index contributed by atoms with van der Waals surface area (Å²) in [7, 11) is 8.60. The number of nitrogens with zero attached hydrogens (tertiary/aromatic N) is 3. The summed E-state index contributed by atoms with van der Waals surface area (Å²) in [6.45, 7) is 8.64. The van der Waals surface area contributed by atoms with E-state index in [9.17, 15) is 9.59 Å². The number of esters is 2.